The fraction of sp³-hybridized carbons (Fsp3) is 1.00. The van der Waals surface area contributed by atoms with Gasteiger partial charge in [0, 0.05) is 12.3 Å². The van der Waals surface area contributed by atoms with Crippen LogP contribution in [0.15, 0.2) is 0 Å². The molecule has 17 heavy (non-hydrogen) atoms. The van der Waals surface area contributed by atoms with Crippen molar-refractivity contribution in [3.8, 4) is 0 Å². The normalized spacial score (nSPS) is 40.1. The van der Waals surface area contributed by atoms with Crippen LogP contribution in [0.3, 0.4) is 0 Å². The topological polar surface area (TPSA) is 46.2 Å². The Kier molecular flexibility index (Phi) is 4.14. The van der Waals surface area contributed by atoms with Gasteiger partial charge in [0.25, 0.3) is 0 Å². The molecule has 1 aliphatic heterocycles. The molecular weight excluding hydrogens is 234 g/mol. The number of hydrogen-bond donors (Lipinski definition) is 1. The van der Waals surface area contributed by atoms with Crippen molar-refractivity contribution in [1.82, 2.24) is 5.32 Å². The van der Waals surface area contributed by atoms with Crippen molar-refractivity contribution in [3.05, 3.63) is 0 Å². The maximum absolute atomic E-state index is 11.7. The third-order valence-corrected chi connectivity index (χ3v) is 6.18. The molecule has 2 aliphatic rings. The number of nitrogens with one attached hydrogen (secondary N) is 1. The van der Waals surface area contributed by atoms with Gasteiger partial charge in [-0.3, -0.25) is 0 Å². The lowest BCUT2D eigenvalue weighted by Crippen LogP contribution is -2.45. The van der Waals surface area contributed by atoms with Crippen LogP contribution in [0.4, 0.5) is 0 Å². The van der Waals surface area contributed by atoms with Crippen LogP contribution in [0.25, 0.3) is 0 Å². The molecular formula is C13H25NO2S. The highest BCUT2D eigenvalue weighted by Gasteiger charge is 2.34. The maximum Gasteiger partial charge on any atom is 0.150 e. The van der Waals surface area contributed by atoms with Crippen molar-refractivity contribution in [2.45, 2.75) is 56.7 Å². The zero-order valence-corrected chi connectivity index (χ0v) is 11.8. The van der Waals surface area contributed by atoms with Gasteiger partial charge in [0.05, 0.1) is 5.25 Å². The smallest absolute Gasteiger partial charge is 0.150 e. The van der Waals surface area contributed by atoms with E-state index in [1.54, 1.807) is 0 Å². The van der Waals surface area contributed by atoms with Crippen molar-refractivity contribution < 1.29 is 8.42 Å². The summed E-state index contributed by atoms with van der Waals surface area (Å²) in [5.41, 5.74) is 0. The first-order chi connectivity index (χ1) is 7.97. The third-order valence-electron chi connectivity index (χ3n) is 4.54. The largest absolute Gasteiger partial charge is 0.314 e. The van der Waals surface area contributed by atoms with E-state index in [4.69, 9.17) is 0 Å². The molecule has 1 saturated carbocycles. The number of hydrogen-bond acceptors (Lipinski definition) is 3. The van der Waals surface area contributed by atoms with Crippen LogP contribution in [0.2, 0.25) is 0 Å². The average Bonchev–Trinajstić information content (AvgIpc) is 2.28. The Morgan fingerprint density at radius 3 is 2.53 bits per heavy atom. The van der Waals surface area contributed by atoms with E-state index in [0.717, 1.165) is 31.7 Å². The van der Waals surface area contributed by atoms with E-state index in [1.165, 1.54) is 25.5 Å². The second-order valence-electron chi connectivity index (χ2n) is 6.07. The molecule has 0 amide bonds. The van der Waals surface area contributed by atoms with Crippen LogP contribution in [-0.2, 0) is 9.84 Å². The van der Waals surface area contributed by atoms with Gasteiger partial charge in [0.2, 0.25) is 0 Å². The van der Waals surface area contributed by atoms with Crippen molar-refractivity contribution in [2.24, 2.45) is 11.8 Å². The second kappa shape index (κ2) is 5.27. The first kappa shape index (κ1) is 13.3. The molecule has 0 aromatic heterocycles. The first-order valence-electron chi connectivity index (χ1n) is 6.89. The van der Waals surface area contributed by atoms with E-state index >= 15 is 0 Å². The quantitative estimate of drug-likeness (QED) is 0.825. The predicted octanol–water partition coefficient (Wildman–Crippen LogP) is 1.98. The summed E-state index contributed by atoms with van der Waals surface area (Å²) in [6.45, 7) is 3.41. The Labute approximate surface area is 105 Å². The van der Waals surface area contributed by atoms with Gasteiger partial charge in [-0.25, -0.2) is 8.42 Å². The summed E-state index contributed by atoms with van der Waals surface area (Å²) in [7, 11) is -2.84. The molecule has 0 aromatic carbocycles. The molecule has 2 fully saturated rings. The van der Waals surface area contributed by atoms with Gasteiger partial charge in [0.1, 0.15) is 9.84 Å². The predicted molar refractivity (Wildman–Crippen MR) is 70.8 cm³/mol. The van der Waals surface area contributed by atoms with Crippen LogP contribution >= 0.6 is 0 Å². The van der Waals surface area contributed by atoms with Crippen LogP contribution < -0.4 is 5.32 Å². The molecule has 1 heterocycles. The molecule has 0 radical (unpaired) electrons. The zero-order chi connectivity index (χ0) is 12.5. The Bertz CT molecular complexity index is 352. The molecule has 0 spiro atoms. The van der Waals surface area contributed by atoms with Crippen molar-refractivity contribution >= 4 is 9.84 Å². The highest BCUT2D eigenvalue weighted by molar-refractivity contribution is 7.91. The lowest BCUT2D eigenvalue weighted by molar-refractivity contribution is 0.205. The van der Waals surface area contributed by atoms with Crippen LogP contribution in [-0.4, -0.2) is 32.5 Å². The molecule has 0 bridgehead atoms. The fourth-order valence-electron chi connectivity index (χ4n) is 3.44. The molecule has 2 rings (SSSR count). The lowest BCUT2D eigenvalue weighted by atomic mass is 9.78. The van der Waals surface area contributed by atoms with Crippen molar-refractivity contribution in [3.63, 3.8) is 0 Å². The first-order valence-corrected chi connectivity index (χ1v) is 8.84. The minimum atomic E-state index is -2.84. The van der Waals surface area contributed by atoms with Gasteiger partial charge in [-0.1, -0.05) is 13.3 Å². The molecule has 4 heteroatoms. The second-order valence-corrected chi connectivity index (χ2v) is 8.39. The molecule has 1 N–H and O–H groups in total. The number of sulfone groups is 1. The zero-order valence-electron chi connectivity index (χ0n) is 11.0. The number of rotatable bonds is 2. The summed E-state index contributed by atoms with van der Waals surface area (Å²) in [4.78, 5) is 0. The Morgan fingerprint density at radius 2 is 1.88 bits per heavy atom. The SMILES string of the molecule is CC1CCNC(C2CCCC(S(C)(=O)=O)C2)C1. The van der Waals surface area contributed by atoms with Gasteiger partial charge in [-0.05, 0) is 50.5 Å². The summed E-state index contributed by atoms with van der Waals surface area (Å²) in [6.07, 6.45) is 7.92. The van der Waals surface area contributed by atoms with Crippen LogP contribution in [0.5, 0.6) is 0 Å². The van der Waals surface area contributed by atoms with Gasteiger partial charge in [-0.15, -0.1) is 0 Å². The average molecular weight is 259 g/mol. The molecule has 3 nitrogen and oxygen atoms in total. The Balaban J connectivity index is 1.97. The van der Waals surface area contributed by atoms with E-state index < -0.39 is 9.84 Å². The summed E-state index contributed by atoms with van der Waals surface area (Å²) >= 11 is 0. The molecule has 1 aliphatic carbocycles. The summed E-state index contributed by atoms with van der Waals surface area (Å²) in [5, 5.41) is 3.51. The van der Waals surface area contributed by atoms with Gasteiger partial charge < -0.3 is 5.32 Å². The molecule has 1 saturated heterocycles. The summed E-state index contributed by atoms with van der Waals surface area (Å²) in [6, 6.07) is 0.559. The lowest BCUT2D eigenvalue weighted by Gasteiger charge is -2.38. The Hall–Kier alpha value is -0.0900. The van der Waals surface area contributed by atoms with Gasteiger partial charge >= 0.3 is 0 Å². The third kappa shape index (κ3) is 3.44. The molecule has 0 aromatic rings. The standard InChI is InChI=1S/C13H25NO2S/c1-10-6-7-14-13(8-10)11-4-3-5-12(9-11)17(2,15)16/h10-14H,3-9H2,1-2H3. The van der Waals surface area contributed by atoms with Crippen molar-refractivity contribution in [1.29, 1.82) is 0 Å². The minimum absolute atomic E-state index is 0.0831. The summed E-state index contributed by atoms with van der Waals surface area (Å²) < 4.78 is 23.3. The van der Waals surface area contributed by atoms with Gasteiger partial charge in [0.15, 0.2) is 0 Å². The summed E-state index contributed by atoms with van der Waals surface area (Å²) in [5.74, 6) is 1.37. The highest BCUT2D eigenvalue weighted by atomic mass is 32.2. The van der Waals surface area contributed by atoms with Crippen LogP contribution in [0.1, 0.15) is 45.4 Å². The number of piperidine rings is 1. The van der Waals surface area contributed by atoms with Crippen molar-refractivity contribution in [2.75, 3.05) is 12.8 Å². The van der Waals surface area contributed by atoms with Crippen LogP contribution in [0, 0.1) is 11.8 Å². The minimum Gasteiger partial charge on any atom is -0.314 e. The van der Waals surface area contributed by atoms with E-state index in [-0.39, 0.29) is 5.25 Å². The van der Waals surface area contributed by atoms with Gasteiger partial charge in [-0.2, -0.15) is 0 Å². The highest BCUT2D eigenvalue weighted by Crippen LogP contribution is 2.34. The molecule has 4 atom stereocenters. The molecule has 4 unspecified atom stereocenters. The van der Waals surface area contributed by atoms with E-state index in [2.05, 4.69) is 12.2 Å². The maximum atomic E-state index is 11.7. The Morgan fingerprint density at radius 1 is 1.12 bits per heavy atom. The molecule has 100 valence electrons. The van der Waals surface area contributed by atoms with E-state index in [0.29, 0.717) is 12.0 Å². The fourth-order valence-corrected chi connectivity index (χ4v) is 4.64. The van der Waals surface area contributed by atoms with E-state index in [1.807, 2.05) is 0 Å². The van der Waals surface area contributed by atoms with E-state index in [9.17, 15) is 8.42 Å². The monoisotopic (exact) mass is 259 g/mol.